The van der Waals surface area contributed by atoms with Gasteiger partial charge in [-0.1, -0.05) is 24.0 Å². The van der Waals surface area contributed by atoms with Gasteiger partial charge in [0.15, 0.2) is 5.54 Å². The van der Waals surface area contributed by atoms with E-state index in [2.05, 4.69) is 0 Å². The Labute approximate surface area is 204 Å². The molecule has 2 fully saturated rings. The highest BCUT2D eigenvalue weighted by Gasteiger charge is 2.79. The Hall–Kier alpha value is -2.95. The van der Waals surface area contributed by atoms with Crippen molar-refractivity contribution in [2.24, 2.45) is 0 Å². The van der Waals surface area contributed by atoms with Gasteiger partial charge in [0.25, 0.3) is 5.91 Å². The van der Waals surface area contributed by atoms with Crippen molar-refractivity contribution >= 4 is 45.8 Å². The molecule has 0 N–H and O–H groups in total. The summed E-state index contributed by atoms with van der Waals surface area (Å²) in [5.74, 6) is -0.443. The predicted molar refractivity (Wildman–Crippen MR) is 128 cm³/mol. The van der Waals surface area contributed by atoms with E-state index in [-0.39, 0.29) is 18.4 Å². The highest BCUT2D eigenvalue weighted by molar-refractivity contribution is 8.25. The summed E-state index contributed by atoms with van der Waals surface area (Å²) < 4.78 is 24.8. The van der Waals surface area contributed by atoms with Crippen molar-refractivity contribution in [1.82, 2.24) is 9.80 Å². The maximum Gasteiger partial charge on any atom is 0.254 e. The first-order chi connectivity index (χ1) is 16.3. The van der Waals surface area contributed by atoms with Gasteiger partial charge in [-0.15, -0.1) is 0 Å². The molecule has 1 aromatic carbocycles. The third kappa shape index (κ3) is 2.48. The number of carbonyl (C=O) groups is 2. The summed E-state index contributed by atoms with van der Waals surface area (Å²) in [6.07, 6.45) is 3.08. The number of benzene rings is 1. The Kier molecular flexibility index (Phi) is 4.61. The number of furan rings is 2. The fraction of sp³-hybridized carbons (Fsp3) is 0.292. The average Bonchev–Trinajstić information content (AvgIpc) is 3.61. The summed E-state index contributed by atoms with van der Waals surface area (Å²) in [5.41, 5.74) is -0.443. The van der Waals surface area contributed by atoms with Crippen molar-refractivity contribution in [3.8, 4) is 0 Å². The molecule has 3 aromatic rings. The van der Waals surface area contributed by atoms with Crippen LogP contribution in [-0.4, -0.2) is 51.3 Å². The molecular formula is C24H20FN3O4S2. The Morgan fingerprint density at radius 3 is 2.59 bits per heavy atom. The van der Waals surface area contributed by atoms with Gasteiger partial charge in [-0.2, -0.15) is 0 Å². The summed E-state index contributed by atoms with van der Waals surface area (Å²) in [5, 5.41) is 0. The molecule has 2 spiro atoms. The normalized spacial score (nSPS) is 28.8. The molecule has 2 aromatic heterocycles. The average molecular weight is 498 g/mol. The molecular weight excluding hydrogens is 477 g/mol. The summed E-state index contributed by atoms with van der Waals surface area (Å²) in [4.78, 5) is 33.5. The zero-order valence-corrected chi connectivity index (χ0v) is 20.0. The highest BCUT2D eigenvalue weighted by Crippen LogP contribution is 2.66. The molecule has 3 aliphatic heterocycles. The smallest absolute Gasteiger partial charge is 0.254 e. The molecule has 2 amide bonds. The van der Waals surface area contributed by atoms with Gasteiger partial charge >= 0.3 is 0 Å². The van der Waals surface area contributed by atoms with Crippen LogP contribution in [0.25, 0.3) is 0 Å². The van der Waals surface area contributed by atoms with Gasteiger partial charge in [-0.25, -0.2) is 4.39 Å². The number of anilines is 1. The van der Waals surface area contributed by atoms with Gasteiger partial charge in [0.1, 0.15) is 26.4 Å². The lowest BCUT2D eigenvalue weighted by Crippen LogP contribution is -2.62. The van der Waals surface area contributed by atoms with Gasteiger partial charge < -0.3 is 13.7 Å². The molecule has 3 atom stereocenters. The van der Waals surface area contributed by atoms with Gasteiger partial charge in [-0.3, -0.25) is 19.4 Å². The minimum absolute atomic E-state index is 0.143. The van der Waals surface area contributed by atoms with Crippen LogP contribution in [0, 0.1) is 5.82 Å². The van der Waals surface area contributed by atoms with E-state index in [1.165, 1.54) is 40.0 Å². The number of fused-ring (bicyclic) bond motifs is 3. The van der Waals surface area contributed by atoms with E-state index >= 15 is 0 Å². The topological polar surface area (TPSA) is 70.1 Å². The van der Waals surface area contributed by atoms with Crippen LogP contribution in [0.4, 0.5) is 10.1 Å². The molecule has 6 rings (SSSR count). The number of thiocarbonyl (C=S) groups is 1. The number of carbonyl (C=O) groups excluding carboxylic acids is 2. The first-order valence-corrected chi connectivity index (χ1v) is 11.9. The van der Waals surface area contributed by atoms with Crippen LogP contribution in [0.1, 0.15) is 23.0 Å². The summed E-state index contributed by atoms with van der Waals surface area (Å²) in [6, 6.07) is 11.4. The van der Waals surface area contributed by atoms with E-state index in [1.54, 1.807) is 50.7 Å². The molecule has 174 valence electrons. The molecule has 34 heavy (non-hydrogen) atoms. The van der Waals surface area contributed by atoms with Crippen molar-refractivity contribution in [2.45, 2.75) is 22.7 Å². The first kappa shape index (κ1) is 21.6. The van der Waals surface area contributed by atoms with Gasteiger partial charge in [-0.05, 0) is 49.5 Å². The van der Waals surface area contributed by atoms with Crippen LogP contribution in [0.15, 0.2) is 63.8 Å². The molecule has 10 heteroatoms. The van der Waals surface area contributed by atoms with Crippen LogP contribution in [0.3, 0.4) is 0 Å². The van der Waals surface area contributed by atoms with Crippen molar-refractivity contribution in [1.29, 1.82) is 0 Å². The lowest BCUT2D eigenvalue weighted by molar-refractivity contribution is -0.139. The van der Waals surface area contributed by atoms with Crippen LogP contribution in [0.2, 0.25) is 0 Å². The predicted octanol–water partition coefficient (Wildman–Crippen LogP) is 3.71. The Morgan fingerprint density at radius 1 is 1.12 bits per heavy atom. The number of amides is 2. The zero-order chi connectivity index (χ0) is 23.8. The number of hydrogen-bond donors (Lipinski definition) is 0. The monoisotopic (exact) mass is 497 g/mol. The minimum Gasteiger partial charge on any atom is -0.469 e. The molecule has 2 saturated heterocycles. The van der Waals surface area contributed by atoms with Crippen LogP contribution < -0.4 is 4.90 Å². The van der Waals surface area contributed by atoms with E-state index in [4.69, 9.17) is 21.1 Å². The highest BCUT2D eigenvalue weighted by atomic mass is 32.2. The number of likely N-dealkylation sites (tertiary alicyclic amines) is 1. The van der Waals surface area contributed by atoms with Gasteiger partial charge in [0.2, 0.25) is 5.91 Å². The fourth-order valence-electron chi connectivity index (χ4n) is 5.80. The maximum absolute atomic E-state index is 14.6. The number of halogens is 1. The minimum atomic E-state index is -1.47. The van der Waals surface area contributed by atoms with E-state index in [0.29, 0.717) is 33.6 Å². The van der Waals surface area contributed by atoms with Crippen LogP contribution >= 0.6 is 24.0 Å². The number of likely N-dealkylation sites (N-methyl/N-ethyl adjacent to an activating group) is 2. The first-order valence-electron chi connectivity index (χ1n) is 10.7. The zero-order valence-electron chi connectivity index (χ0n) is 18.4. The van der Waals surface area contributed by atoms with Crippen molar-refractivity contribution in [3.05, 3.63) is 77.9 Å². The number of rotatable bonds is 3. The van der Waals surface area contributed by atoms with Gasteiger partial charge in [0, 0.05) is 24.8 Å². The van der Waals surface area contributed by atoms with Gasteiger partial charge in [0.05, 0.1) is 25.0 Å². The Balaban J connectivity index is 1.61. The molecule has 7 nitrogen and oxygen atoms in total. The molecule has 3 aliphatic rings. The van der Waals surface area contributed by atoms with E-state index in [1.807, 2.05) is 4.90 Å². The van der Waals surface area contributed by atoms with E-state index in [0.717, 1.165) is 0 Å². The van der Waals surface area contributed by atoms with E-state index < -0.39 is 22.0 Å². The van der Waals surface area contributed by atoms with Crippen molar-refractivity contribution < 1.29 is 22.8 Å². The molecule has 0 radical (unpaired) electrons. The second kappa shape index (κ2) is 7.27. The summed E-state index contributed by atoms with van der Waals surface area (Å²) >= 11 is 6.90. The third-order valence-electron chi connectivity index (χ3n) is 7.19. The summed E-state index contributed by atoms with van der Waals surface area (Å²) in [7, 11) is 3.45. The van der Waals surface area contributed by atoms with Crippen molar-refractivity contribution in [2.75, 3.05) is 25.5 Å². The molecule has 5 heterocycles. The largest absolute Gasteiger partial charge is 0.469 e. The standard InChI is InChI=1S/C24H20FN3O4S2/c1-26-13-17(19-6-4-10-32-19)24(21(30)28(22(33)34-24)12-15-5-3-9-31-15)23(26)16-11-14(25)7-8-18(16)27(2)20(23)29/h3-11,17H,12-13H2,1-2H3/t17-,23-,24+/m1/s1. The fourth-order valence-corrected chi connectivity index (χ4v) is 7.91. The third-order valence-corrected chi connectivity index (χ3v) is 9.14. The molecule has 0 saturated carbocycles. The Bertz CT molecular complexity index is 1330. The lowest BCUT2D eigenvalue weighted by Gasteiger charge is -2.41. The van der Waals surface area contributed by atoms with E-state index in [9.17, 15) is 14.0 Å². The second-order valence-corrected chi connectivity index (χ2v) is 10.6. The molecule has 0 unspecified atom stereocenters. The number of thioether (sulfide) groups is 1. The molecule has 0 aliphatic carbocycles. The SMILES string of the molecule is CN1C(=O)[C@@]2(c3cc(F)ccc31)N(C)C[C@H](c1ccco1)[C@@]21SC(=S)N(Cc2ccco2)C1=O. The van der Waals surface area contributed by atoms with Crippen LogP contribution in [0.5, 0.6) is 0 Å². The number of nitrogens with zero attached hydrogens (tertiary/aromatic N) is 3. The van der Waals surface area contributed by atoms with Crippen LogP contribution in [-0.2, 0) is 21.7 Å². The maximum atomic E-state index is 14.6. The second-order valence-electron chi connectivity index (χ2n) is 8.76. The number of hydrogen-bond acceptors (Lipinski definition) is 7. The summed E-state index contributed by atoms with van der Waals surface area (Å²) in [6.45, 7) is 0.489. The molecule has 0 bridgehead atoms. The quantitative estimate of drug-likeness (QED) is 0.511. The lowest BCUT2D eigenvalue weighted by atomic mass is 9.73. The van der Waals surface area contributed by atoms with Crippen molar-refractivity contribution in [3.63, 3.8) is 0 Å². The Morgan fingerprint density at radius 2 is 1.88 bits per heavy atom.